The zero-order valence-corrected chi connectivity index (χ0v) is 8.53. The van der Waals surface area contributed by atoms with E-state index in [9.17, 15) is 17.6 Å². The average Bonchev–Trinajstić information content (AvgIpc) is 1.99. The summed E-state index contributed by atoms with van der Waals surface area (Å²) in [5.74, 6) is -1.13. The number of rotatable bonds is 2. The summed E-state index contributed by atoms with van der Waals surface area (Å²) >= 11 is 0. The molecule has 0 spiro atoms. The molecule has 0 amide bonds. The second-order valence-electron chi connectivity index (χ2n) is 3.87. The molecule has 0 aromatic heterocycles. The van der Waals surface area contributed by atoms with Crippen LogP contribution in [0.3, 0.4) is 0 Å². The molecule has 1 aromatic carbocycles. The average molecular weight is 220 g/mol. The van der Waals surface area contributed by atoms with Crippen LogP contribution in [0.25, 0.3) is 0 Å². The molecule has 0 saturated heterocycles. The van der Waals surface area contributed by atoms with E-state index in [0.717, 1.165) is 6.07 Å². The highest BCUT2D eigenvalue weighted by molar-refractivity contribution is 5.31. The summed E-state index contributed by atoms with van der Waals surface area (Å²) in [5.41, 5.74) is -1.10. The molecule has 0 radical (unpaired) electrons. The third kappa shape index (κ3) is 2.94. The van der Waals surface area contributed by atoms with Gasteiger partial charge in [-0.05, 0) is 24.0 Å². The molecule has 0 heterocycles. The van der Waals surface area contributed by atoms with Gasteiger partial charge in [0.25, 0.3) is 0 Å². The first kappa shape index (κ1) is 12.0. The lowest BCUT2D eigenvalue weighted by molar-refractivity contribution is -0.140. The molecule has 0 saturated carbocycles. The normalized spacial score (nSPS) is 12.2. The van der Waals surface area contributed by atoms with Crippen LogP contribution in [0, 0.1) is 11.7 Å². The third-order valence-electron chi connectivity index (χ3n) is 2.01. The first-order valence-electron chi connectivity index (χ1n) is 4.67. The van der Waals surface area contributed by atoms with Crippen LogP contribution in [0.15, 0.2) is 18.2 Å². The van der Waals surface area contributed by atoms with Gasteiger partial charge in [-0.1, -0.05) is 26.0 Å². The van der Waals surface area contributed by atoms with Gasteiger partial charge in [-0.15, -0.1) is 0 Å². The molecule has 0 unspecified atom stereocenters. The molecule has 0 atom stereocenters. The largest absolute Gasteiger partial charge is 0.419 e. The maximum atomic E-state index is 13.1. The summed E-state index contributed by atoms with van der Waals surface area (Å²) in [6.45, 7) is 3.59. The molecule has 15 heavy (non-hydrogen) atoms. The predicted molar refractivity (Wildman–Crippen MR) is 49.9 cm³/mol. The fraction of sp³-hybridized carbons (Fsp3) is 0.455. The van der Waals surface area contributed by atoms with Gasteiger partial charge in [0.15, 0.2) is 0 Å². The molecule has 0 nitrogen and oxygen atoms in total. The summed E-state index contributed by atoms with van der Waals surface area (Å²) in [5, 5.41) is 0. The fourth-order valence-electron chi connectivity index (χ4n) is 1.50. The Labute approximate surface area is 85.9 Å². The highest BCUT2D eigenvalue weighted by Gasteiger charge is 2.36. The van der Waals surface area contributed by atoms with E-state index in [0.29, 0.717) is 0 Å². The molecular formula is C11H12F4. The lowest BCUT2D eigenvalue weighted by atomic mass is 9.97. The number of halogens is 4. The van der Waals surface area contributed by atoms with Crippen molar-refractivity contribution in [2.45, 2.75) is 26.4 Å². The van der Waals surface area contributed by atoms with Crippen molar-refractivity contribution in [1.82, 2.24) is 0 Å². The van der Waals surface area contributed by atoms with E-state index in [2.05, 4.69) is 0 Å². The summed E-state index contributed by atoms with van der Waals surface area (Å²) < 4.78 is 50.6. The Morgan fingerprint density at radius 3 is 2.27 bits per heavy atom. The number of alkyl halides is 3. The molecule has 84 valence electrons. The predicted octanol–water partition coefficient (Wildman–Crippen LogP) is 4.04. The summed E-state index contributed by atoms with van der Waals surface area (Å²) in [7, 11) is 0. The molecular weight excluding hydrogens is 208 g/mol. The molecule has 0 fully saturated rings. The van der Waals surface area contributed by atoms with E-state index in [-0.39, 0.29) is 17.9 Å². The van der Waals surface area contributed by atoms with Crippen molar-refractivity contribution >= 4 is 0 Å². The first-order chi connectivity index (χ1) is 6.82. The Balaban J connectivity index is 3.21. The maximum Gasteiger partial charge on any atom is 0.419 e. The van der Waals surface area contributed by atoms with Gasteiger partial charge in [-0.2, -0.15) is 13.2 Å². The Kier molecular flexibility index (Phi) is 3.37. The van der Waals surface area contributed by atoms with Crippen LogP contribution in [0.5, 0.6) is 0 Å². The van der Waals surface area contributed by atoms with E-state index in [1.54, 1.807) is 13.8 Å². The zero-order valence-electron chi connectivity index (χ0n) is 8.53. The van der Waals surface area contributed by atoms with Gasteiger partial charge < -0.3 is 0 Å². The molecule has 0 aliphatic rings. The molecule has 4 heteroatoms. The Morgan fingerprint density at radius 1 is 1.20 bits per heavy atom. The quantitative estimate of drug-likeness (QED) is 0.660. The summed E-state index contributed by atoms with van der Waals surface area (Å²) in [6.07, 6.45) is -4.39. The second kappa shape index (κ2) is 4.21. The van der Waals surface area contributed by atoms with E-state index >= 15 is 0 Å². The van der Waals surface area contributed by atoms with E-state index in [1.807, 2.05) is 0 Å². The molecule has 1 rings (SSSR count). The molecule has 0 N–H and O–H groups in total. The maximum absolute atomic E-state index is 13.1. The Morgan fingerprint density at radius 2 is 1.80 bits per heavy atom. The smallest absolute Gasteiger partial charge is 0.206 e. The second-order valence-corrected chi connectivity index (χ2v) is 3.87. The van der Waals surface area contributed by atoms with Crippen molar-refractivity contribution in [3.63, 3.8) is 0 Å². The minimum absolute atomic E-state index is 0.0255. The topological polar surface area (TPSA) is 0 Å². The monoisotopic (exact) mass is 220 g/mol. The van der Waals surface area contributed by atoms with Crippen LogP contribution in [0.4, 0.5) is 17.6 Å². The zero-order chi connectivity index (χ0) is 11.6. The molecule has 0 bridgehead atoms. The number of hydrogen-bond acceptors (Lipinski definition) is 0. The van der Waals surface area contributed by atoms with Crippen molar-refractivity contribution in [1.29, 1.82) is 0 Å². The summed E-state index contributed by atoms with van der Waals surface area (Å²) in [4.78, 5) is 0. The van der Waals surface area contributed by atoms with Gasteiger partial charge in [0, 0.05) is 0 Å². The number of hydrogen-bond donors (Lipinski definition) is 0. The van der Waals surface area contributed by atoms with Gasteiger partial charge in [-0.25, -0.2) is 4.39 Å². The highest BCUT2D eigenvalue weighted by atomic mass is 19.4. The Bertz CT molecular complexity index is 339. The first-order valence-corrected chi connectivity index (χ1v) is 4.67. The van der Waals surface area contributed by atoms with Gasteiger partial charge in [0.05, 0.1) is 5.56 Å². The van der Waals surface area contributed by atoms with Crippen molar-refractivity contribution in [2.24, 2.45) is 5.92 Å². The fourth-order valence-corrected chi connectivity index (χ4v) is 1.50. The molecule has 0 aliphatic heterocycles. The third-order valence-corrected chi connectivity index (χ3v) is 2.01. The lowest BCUT2D eigenvalue weighted by Gasteiger charge is -2.14. The van der Waals surface area contributed by atoms with Crippen molar-refractivity contribution in [3.8, 4) is 0 Å². The van der Waals surface area contributed by atoms with Gasteiger partial charge in [-0.3, -0.25) is 0 Å². The number of benzene rings is 1. The molecule has 1 aromatic rings. The van der Waals surface area contributed by atoms with E-state index < -0.39 is 17.6 Å². The minimum atomic E-state index is -4.62. The van der Waals surface area contributed by atoms with Crippen LogP contribution in [-0.4, -0.2) is 0 Å². The van der Waals surface area contributed by atoms with Crippen molar-refractivity contribution in [2.75, 3.05) is 0 Å². The van der Waals surface area contributed by atoms with Crippen LogP contribution in [0.2, 0.25) is 0 Å². The standard InChI is InChI=1S/C11H12F4/c1-7(2)6-8-4-3-5-9(12)10(8)11(13,14)15/h3-5,7H,6H2,1-2H3. The highest BCUT2D eigenvalue weighted by Crippen LogP contribution is 2.34. The van der Waals surface area contributed by atoms with Crippen LogP contribution in [-0.2, 0) is 12.6 Å². The van der Waals surface area contributed by atoms with E-state index in [4.69, 9.17) is 0 Å². The van der Waals surface area contributed by atoms with Crippen molar-refractivity contribution < 1.29 is 17.6 Å². The van der Waals surface area contributed by atoms with Gasteiger partial charge >= 0.3 is 6.18 Å². The van der Waals surface area contributed by atoms with E-state index in [1.165, 1.54) is 12.1 Å². The molecule has 0 aliphatic carbocycles. The minimum Gasteiger partial charge on any atom is -0.206 e. The van der Waals surface area contributed by atoms with Crippen LogP contribution < -0.4 is 0 Å². The van der Waals surface area contributed by atoms with Gasteiger partial charge in [0.2, 0.25) is 0 Å². The van der Waals surface area contributed by atoms with Gasteiger partial charge in [0.1, 0.15) is 5.82 Å². The van der Waals surface area contributed by atoms with Crippen LogP contribution >= 0.6 is 0 Å². The van der Waals surface area contributed by atoms with Crippen LogP contribution in [0.1, 0.15) is 25.0 Å². The summed E-state index contributed by atoms with van der Waals surface area (Å²) in [6, 6.07) is 3.47. The SMILES string of the molecule is CC(C)Cc1cccc(F)c1C(F)(F)F. The Hall–Kier alpha value is -1.06. The lowest BCUT2D eigenvalue weighted by Crippen LogP contribution is -2.13. The van der Waals surface area contributed by atoms with Crippen molar-refractivity contribution in [3.05, 3.63) is 35.1 Å².